The molecule has 0 aliphatic carbocycles. The molecule has 6 rings (SSSR count). The lowest BCUT2D eigenvalue weighted by Crippen LogP contribution is -2.35. The highest BCUT2D eigenvalue weighted by Crippen LogP contribution is 2.47. The van der Waals surface area contributed by atoms with Gasteiger partial charge in [0, 0.05) is 0 Å². The van der Waals surface area contributed by atoms with Crippen LogP contribution in [0, 0.1) is 0 Å². The Morgan fingerprint density at radius 3 is 1.12 bits per heavy atom. The summed E-state index contributed by atoms with van der Waals surface area (Å²) in [5, 5.41) is 7.55. The Morgan fingerprint density at radius 1 is 0.441 bits per heavy atom. The third-order valence-corrected chi connectivity index (χ3v) is 7.40. The van der Waals surface area contributed by atoms with Crippen LogP contribution in [0.15, 0.2) is 127 Å². The fraction of sp³-hybridized carbons (Fsp3) is 0.0625. The number of fused-ring (bicyclic) bond motifs is 3. The van der Waals surface area contributed by atoms with Gasteiger partial charge in [-0.15, -0.1) is 0 Å². The fourth-order valence-corrected chi connectivity index (χ4v) is 6.11. The minimum atomic E-state index is -0.468. The number of benzene rings is 6. The van der Waals surface area contributed by atoms with Crippen molar-refractivity contribution in [2.75, 3.05) is 6.61 Å². The molecule has 0 saturated carbocycles. The topological polar surface area (TPSA) is 9.23 Å². The molecule has 0 amide bonds. The second-order valence-electron chi connectivity index (χ2n) is 8.92. The van der Waals surface area contributed by atoms with Crippen molar-refractivity contribution in [1.29, 1.82) is 0 Å². The third-order valence-electron chi connectivity index (χ3n) is 7.11. The lowest BCUT2D eigenvalue weighted by Gasteiger charge is -2.38. The number of rotatable bonds is 5. The molecule has 0 heterocycles. The van der Waals surface area contributed by atoms with Crippen molar-refractivity contribution in [3.05, 3.63) is 144 Å². The van der Waals surface area contributed by atoms with E-state index in [2.05, 4.69) is 127 Å². The summed E-state index contributed by atoms with van der Waals surface area (Å²) in [5.74, 6) is 0. The molecule has 0 aliphatic heterocycles. The van der Waals surface area contributed by atoms with Crippen LogP contribution in [-0.2, 0) is 9.84 Å². The van der Waals surface area contributed by atoms with Crippen LogP contribution < -0.4 is 0 Å². The maximum Gasteiger partial charge on any atom is 0.146 e. The predicted octanol–water partition coefficient (Wildman–Crippen LogP) is 6.78. The molecular formula is C32H26OSi. The SMILES string of the molecule is [SiH3]OCC(c1cccc2ccccc12)(c1cccc2ccccc12)c1cccc2ccccc12. The zero-order valence-corrected chi connectivity index (χ0v) is 21.2. The molecule has 164 valence electrons. The molecule has 1 nitrogen and oxygen atoms in total. The van der Waals surface area contributed by atoms with Gasteiger partial charge in [-0.25, -0.2) is 0 Å². The highest BCUT2D eigenvalue weighted by atomic mass is 28.2. The Hall–Kier alpha value is -3.72. The summed E-state index contributed by atoms with van der Waals surface area (Å²) in [7, 11) is 0.665. The van der Waals surface area contributed by atoms with Gasteiger partial charge in [-0.2, -0.15) is 0 Å². The van der Waals surface area contributed by atoms with E-state index < -0.39 is 5.41 Å². The average molecular weight is 455 g/mol. The maximum atomic E-state index is 6.26. The summed E-state index contributed by atoms with van der Waals surface area (Å²) in [5.41, 5.74) is 3.39. The summed E-state index contributed by atoms with van der Waals surface area (Å²) < 4.78 is 6.26. The molecule has 0 unspecified atom stereocenters. The second kappa shape index (κ2) is 8.57. The molecule has 2 heteroatoms. The predicted molar refractivity (Wildman–Crippen MR) is 148 cm³/mol. The zero-order chi connectivity index (χ0) is 23.0. The molecule has 0 bridgehead atoms. The Bertz CT molecular complexity index is 1430. The molecule has 6 aromatic rings. The van der Waals surface area contributed by atoms with Gasteiger partial charge in [-0.3, -0.25) is 0 Å². The first kappa shape index (κ1) is 20.9. The normalized spacial score (nSPS) is 12.0. The molecule has 0 N–H and O–H groups in total. The molecule has 0 radical (unpaired) electrons. The molecular weight excluding hydrogens is 428 g/mol. The van der Waals surface area contributed by atoms with Gasteiger partial charge in [0.2, 0.25) is 0 Å². The smallest absolute Gasteiger partial charge is 0.146 e. The first-order valence-electron chi connectivity index (χ1n) is 11.8. The lowest BCUT2D eigenvalue weighted by atomic mass is 9.66. The van der Waals surface area contributed by atoms with Crippen LogP contribution >= 0.6 is 0 Å². The van der Waals surface area contributed by atoms with Crippen molar-refractivity contribution >= 4 is 42.8 Å². The van der Waals surface area contributed by atoms with Crippen molar-refractivity contribution in [1.82, 2.24) is 0 Å². The Balaban J connectivity index is 1.84. The molecule has 0 aromatic heterocycles. The van der Waals surface area contributed by atoms with Gasteiger partial charge in [-0.05, 0) is 49.0 Å². The Morgan fingerprint density at radius 2 is 0.765 bits per heavy atom. The lowest BCUT2D eigenvalue weighted by molar-refractivity contribution is 0.292. The van der Waals surface area contributed by atoms with Crippen molar-refractivity contribution in [2.45, 2.75) is 5.41 Å². The molecule has 0 aliphatic rings. The summed E-state index contributed by atoms with van der Waals surface area (Å²) in [4.78, 5) is 0. The van der Waals surface area contributed by atoms with Crippen LogP contribution in [0.1, 0.15) is 16.7 Å². The fourth-order valence-electron chi connectivity index (χ4n) is 5.68. The summed E-state index contributed by atoms with van der Waals surface area (Å²) in [6.07, 6.45) is 0. The molecule has 0 fully saturated rings. The van der Waals surface area contributed by atoms with Crippen molar-refractivity contribution < 1.29 is 4.43 Å². The van der Waals surface area contributed by atoms with E-state index in [1.54, 1.807) is 0 Å². The van der Waals surface area contributed by atoms with Gasteiger partial charge in [0.05, 0.1) is 12.0 Å². The van der Waals surface area contributed by atoms with E-state index in [0.29, 0.717) is 17.1 Å². The monoisotopic (exact) mass is 454 g/mol. The van der Waals surface area contributed by atoms with Gasteiger partial charge in [-0.1, -0.05) is 127 Å². The van der Waals surface area contributed by atoms with Gasteiger partial charge in [0.25, 0.3) is 0 Å². The van der Waals surface area contributed by atoms with Gasteiger partial charge < -0.3 is 4.43 Å². The first-order chi connectivity index (χ1) is 16.8. The van der Waals surface area contributed by atoms with E-state index in [0.717, 1.165) is 0 Å². The van der Waals surface area contributed by atoms with Crippen LogP contribution in [0.2, 0.25) is 0 Å². The second-order valence-corrected chi connectivity index (χ2v) is 9.50. The van der Waals surface area contributed by atoms with E-state index in [4.69, 9.17) is 4.43 Å². The number of hydrogen-bond donors (Lipinski definition) is 0. The van der Waals surface area contributed by atoms with Gasteiger partial charge in [0.15, 0.2) is 0 Å². The van der Waals surface area contributed by atoms with Crippen LogP contribution in [-0.4, -0.2) is 17.1 Å². The van der Waals surface area contributed by atoms with E-state index in [-0.39, 0.29) is 0 Å². The summed E-state index contributed by atoms with van der Waals surface area (Å²) >= 11 is 0. The van der Waals surface area contributed by atoms with E-state index in [1.165, 1.54) is 49.0 Å². The largest absolute Gasteiger partial charge is 0.426 e. The molecule has 6 aromatic carbocycles. The van der Waals surface area contributed by atoms with Gasteiger partial charge in [0.1, 0.15) is 10.5 Å². The van der Waals surface area contributed by atoms with E-state index in [9.17, 15) is 0 Å². The molecule has 34 heavy (non-hydrogen) atoms. The van der Waals surface area contributed by atoms with Crippen molar-refractivity contribution in [3.63, 3.8) is 0 Å². The molecule has 0 saturated heterocycles. The van der Waals surface area contributed by atoms with Crippen molar-refractivity contribution in [2.24, 2.45) is 0 Å². The third kappa shape index (κ3) is 3.18. The van der Waals surface area contributed by atoms with Crippen LogP contribution in [0.3, 0.4) is 0 Å². The molecule has 0 atom stereocenters. The minimum Gasteiger partial charge on any atom is -0.426 e. The number of hydrogen-bond acceptors (Lipinski definition) is 1. The quantitative estimate of drug-likeness (QED) is 0.206. The zero-order valence-electron chi connectivity index (χ0n) is 19.2. The highest BCUT2D eigenvalue weighted by Gasteiger charge is 2.39. The van der Waals surface area contributed by atoms with Gasteiger partial charge >= 0.3 is 0 Å². The molecule has 0 spiro atoms. The highest BCUT2D eigenvalue weighted by molar-refractivity contribution is 5.99. The van der Waals surface area contributed by atoms with E-state index in [1.807, 2.05) is 0 Å². The standard InChI is InChI=1S/C32H26OSi/c34-33-22-32(29-19-7-13-23-10-1-4-16-26(23)29,30-20-8-14-24-11-2-5-17-27(24)30)31-21-9-15-25-12-3-6-18-28(25)31/h1-21H,22H2,34H3. The summed E-state index contributed by atoms with van der Waals surface area (Å²) in [6.45, 7) is 0.593. The van der Waals surface area contributed by atoms with E-state index >= 15 is 0 Å². The van der Waals surface area contributed by atoms with Crippen LogP contribution in [0.25, 0.3) is 32.3 Å². The van der Waals surface area contributed by atoms with Crippen LogP contribution in [0.4, 0.5) is 0 Å². The minimum absolute atomic E-state index is 0.468. The Labute approximate surface area is 203 Å². The van der Waals surface area contributed by atoms with Crippen LogP contribution in [0.5, 0.6) is 0 Å². The first-order valence-corrected chi connectivity index (χ1v) is 12.6. The Kier molecular flexibility index (Phi) is 5.25. The maximum absolute atomic E-state index is 6.26. The summed E-state index contributed by atoms with van der Waals surface area (Å²) in [6, 6.07) is 46.2. The average Bonchev–Trinajstić information content (AvgIpc) is 2.91. The van der Waals surface area contributed by atoms with Crippen molar-refractivity contribution in [3.8, 4) is 0 Å².